The van der Waals surface area contributed by atoms with E-state index in [-0.39, 0.29) is 19.4 Å². The number of carbonyl (C=O) groups is 3. The van der Waals surface area contributed by atoms with Gasteiger partial charge in [-0.2, -0.15) is 0 Å². The molecule has 0 bridgehead atoms. The fourth-order valence-corrected chi connectivity index (χ4v) is 1.84. The predicted molar refractivity (Wildman–Crippen MR) is 89.7 cm³/mol. The molecule has 0 aliphatic carbocycles. The van der Waals surface area contributed by atoms with Gasteiger partial charge in [0.05, 0.1) is 11.8 Å². The van der Waals surface area contributed by atoms with Crippen LogP contribution in [0.4, 0.5) is 4.79 Å². The maximum atomic E-state index is 12.4. The Bertz CT molecular complexity index is 474. The fraction of sp³-hybridized carbons (Fsp3) is 0.824. The molecule has 0 heterocycles. The minimum atomic E-state index is -1.23. The fourth-order valence-electron chi connectivity index (χ4n) is 1.84. The molecule has 140 valence electrons. The SMILES string of the molecule is CN(CCC(C)(CC(=O)O)C(=O)OC(C)(C)C)C(=O)OC(C)(C)C. The van der Waals surface area contributed by atoms with Crippen LogP contribution in [-0.2, 0) is 19.1 Å². The van der Waals surface area contributed by atoms with Gasteiger partial charge in [0.25, 0.3) is 0 Å². The van der Waals surface area contributed by atoms with Crippen molar-refractivity contribution in [2.75, 3.05) is 13.6 Å². The molecule has 0 aliphatic rings. The van der Waals surface area contributed by atoms with E-state index in [1.807, 2.05) is 0 Å². The average Bonchev–Trinajstić information content (AvgIpc) is 2.30. The van der Waals surface area contributed by atoms with Crippen molar-refractivity contribution in [2.24, 2.45) is 5.41 Å². The molecule has 0 aromatic carbocycles. The third-order valence-corrected chi connectivity index (χ3v) is 3.14. The molecular formula is C17H31NO6. The Morgan fingerprint density at radius 3 is 1.75 bits per heavy atom. The molecule has 0 aromatic rings. The molecule has 1 amide bonds. The summed E-state index contributed by atoms with van der Waals surface area (Å²) in [5.41, 5.74) is -2.57. The first-order chi connectivity index (χ1) is 10.6. The quantitative estimate of drug-likeness (QED) is 0.744. The summed E-state index contributed by atoms with van der Waals surface area (Å²) in [5, 5.41) is 9.11. The van der Waals surface area contributed by atoms with Gasteiger partial charge in [-0.15, -0.1) is 0 Å². The Kier molecular flexibility index (Phi) is 7.27. The van der Waals surface area contributed by atoms with Crippen LogP contribution in [0.3, 0.4) is 0 Å². The van der Waals surface area contributed by atoms with Crippen molar-refractivity contribution in [1.82, 2.24) is 4.90 Å². The van der Waals surface area contributed by atoms with E-state index < -0.39 is 34.6 Å². The number of ether oxygens (including phenoxy) is 2. The number of hydrogen-bond donors (Lipinski definition) is 1. The monoisotopic (exact) mass is 345 g/mol. The lowest BCUT2D eigenvalue weighted by molar-refractivity contribution is -0.170. The summed E-state index contributed by atoms with van der Waals surface area (Å²) in [6.45, 7) is 12.2. The van der Waals surface area contributed by atoms with Gasteiger partial charge in [-0.1, -0.05) is 0 Å². The van der Waals surface area contributed by atoms with Crippen LogP contribution in [-0.4, -0.2) is 52.8 Å². The molecule has 1 atom stereocenters. The standard InChI is InChI=1S/C17H31NO6/c1-15(2,3)23-13(21)17(7,11-12(19)20)9-10-18(8)14(22)24-16(4,5)6/h9-11H2,1-8H3,(H,19,20). The molecular weight excluding hydrogens is 314 g/mol. The minimum absolute atomic E-state index is 0.157. The number of esters is 1. The van der Waals surface area contributed by atoms with Crippen molar-refractivity contribution >= 4 is 18.0 Å². The lowest BCUT2D eigenvalue weighted by atomic mass is 9.83. The van der Waals surface area contributed by atoms with Crippen molar-refractivity contribution in [3.8, 4) is 0 Å². The number of carboxylic acids is 1. The normalized spacial score (nSPS) is 14.5. The Morgan fingerprint density at radius 1 is 0.917 bits per heavy atom. The molecule has 0 fully saturated rings. The number of aliphatic carboxylic acids is 1. The maximum absolute atomic E-state index is 12.4. The molecule has 0 saturated heterocycles. The van der Waals surface area contributed by atoms with Crippen molar-refractivity contribution in [2.45, 2.75) is 72.5 Å². The Balaban J connectivity index is 5.00. The molecule has 24 heavy (non-hydrogen) atoms. The van der Waals surface area contributed by atoms with Crippen LogP contribution in [0.1, 0.15) is 61.3 Å². The van der Waals surface area contributed by atoms with Crippen molar-refractivity contribution in [1.29, 1.82) is 0 Å². The van der Waals surface area contributed by atoms with Gasteiger partial charge in [0.2, 0.25) is 0 Å². The summed E-state index contributed by atoms with van der Waals surface area (Å²) in [7, 11) is 1.55. The second-order valence-corrected chi connectivity index (χ2v) is 8.28. The summed E-state index contributed by atoms with van der Waals surface area (Å²) in [4.78, 5) is 36.8. The van der Waals surface area contributed by atoms with Crippen LogP contribution in [0, 0.1) is 5.41 Å². The zero-order chi connectivity index (χ0) is 19.3. The molecule has 0 rings (SSSR count). The number of hydrogen-bond acceptors (Lipinski definition) is 5. The topological polar surface area (TPSA) is 93.1 Å². The average molecular weight is 345 g/mol. The van der Waals surface area contributed by atoms with Crippen LogP contribution in [0.5, 0.6) is 0 Å². The second kappa shape index (κ2) is 7.85. The molecule has 1 unspecified atom stereocenters. The van der Waals surface area contributed by atoms with Gasteiger partial charge in [-0.3, -0.25) is 9.59 Å². The molecule has 0 aliphatic heterocycles. The van der Waals surface area contributed by atoms with Gasteiger partial charge < -0.3 is 19.5 Å². The van der Waals surface area contributed by atoms with E-state index in [4.69, 9.17) is 14.6 Å². The van der Waals surface area contributed by atoms with E-state index in [1.165, 1.54) is 11.8 Å². The van der Waals surface area contributed by atoms with E-state index in [0.717, 1.165) is 0 Å². The Hall–Kier alpha value is -1.79. The molecule has 0 aromatic heterocycles. The number of nitrogens with zero attached hydrogens (tertiary/aromatic N) is 1. The number of carboxylic acid groups (broad SMARTS) is 1. The molecule has 7 nitrogen and oxygen atoms in total. The Morgan fingerprint density at radius 2 is 1.38 bits per heavy atom. The largest absolute Gasteiger partial charge is 0.481 e. The summed E-state index contributed by atoms with van der Waals surface area (Å²) >= 11 is 0. The first kappa shape index (κ1) is 22.2. The maximum Gasteiger partial charge on any atom is 0.410 e. The highest BCUT2D eigenvalue weighted by Crippen LogP contribution is 2.30. The Labute approximate surface area is 144 Å². The highest BCUT2D eigenvalue weighted by atomic mass is 16.6. The van der Waals surface area contributed by atoms with Crippen molar-refractivity contribution < 1.29 is 29.0 Å². The summed E-state index contributed by atoms with van der Waals surface area (Å²) in [5.74, 6) is -1.68. The smallest absolute Gasteiger partial charge is 0.410 e. The molecule has 0 radical (unpaired) electrons. The van der Waals surface area contributed by atoms with Crippen molar-refractivity contribution in [3.63, 3.8) is 0 Å². The predicted octanol–water partition coefficient (Wildman–Crippen LogP) is 3.07. The third-order valence-electron chi connectivity index (χ3n) is 3.14. The zero-order valence-electron chi connectivity index (χ0n) is 16.1. The summed E-state index contributed by atoms with van der Waals surface area (Å²) in [6, 6.07) is 0. The van der Waals surface area contributed by atoms with Gasteiger partial charge in [-0.05, 0) is 54.9 Å². The molecule has 1 N–H and O–H groups in total. The van der Waals surface area contributed by atoms with E-state index in [1.54, 1.807) is 48.6 Å². The van der Waals surface area contributed by atoms with Gasteiger partial charge in [-0.25, -0.2) is 4.79 Å². The van der Waals surface area contributed by atoms with E-state index in [0.29, 0.717) is 0 Å². The van der Waals surface area contributed by atoms with E-state index in [9.17, 15) is 14.4 Å². The number of carbonyl (C=O) groups excluding carboxylic acids is 2. The van der Waals surface area contributed by atoms with Crippen LogP contribution in [0.25, 0.3) is 0 Å². The van der Waals surface area contributed by atoms with Crippen LogP contribution >= 0.6 is 0 Å². The van der Waals surface area contributed by atoms with E-state index >= 15 is 0 Å². The van der Waals surface area contributed by atoms with Crippen LogP contribution in [0.2, 0.25) is 0 Å². The first-order valence-electron chi connectivity index (χ1n) is 7.95. The summed E-state index contributed by atoms with van der Waals surface area (Å²) < 4.78 is 10.6. The third kappa shape index (κ3) is 8.74. The van der Waals surface area contributed by atoms with Gasteiger partial charge in [0.15, 0.2) is 0 Å². The van der Waals surface area contributed by atoms with Crippen LogP contribution < -0.4 is 0 Å². The first-order valence-corrected chi connectivity index (χ1v) is 7.95. The minimum Gasteiger partial charge on any atom is -0.481 e. The second-order valence-electron chi connectivity index (χ2n) is 8.28. The summed E-state index contributed by atoms with van der Waals surface area (Å²) in [6.07, 6.45) is -0.738. The lowest BCUT2D eigenvalue weighted by Crippen LogP contribution is -2.41. The number of rotatable bonds is 6. The molecule has 0 spiro atoms. The highest BCUT2D eigenvalue weighted by molar-refractivity contribution is 5.82. The zero-order valence-corrected chi connectivity index (χ0v) is 16.1. The van der Waals surface area contributed by atoms with Crippen LogP contribution in [0.15, 0.2) is 0 Å². The highest BCUT2D eigenvalue weighted by Gasteiger charge is 2.39. The lowest BCUT2D eigenvalue weighted by Gasteiger charge is -2.32. The van der Waals surface area contributed by atoms with Gasteiger partial charge >= 0.3 is 18.0 Å². The van der Waals surface area contributed by atoms with E-state index in [2.05, 4.69) is 0 Å². The van der Waals surface area contributed by atoms with Gasteiger partial charge in [0.1, 0.15) is 11.2 Å². The molecule has 0 saturated carbocycles. The molecule has 7 heteroatoms. The number of amides is 1. The van der Waals surface area contributed by atoms with Crippen molar-refractivity contribution in [3.05, 3.63) is 0 Å². The van der Waals surface area contributed by atoms with Gasteiger partial charge in [0, 0.05) is 13.6 Å².